The maximum absolute atomic E-state index is 12.6. The molecule has 1 aliphatic rings. The topological polar surface area (TPSA) is 38.3 Å². The summed E-state index contributed by atoms with van der Waals surface area (Å²) in [4.78, 5) is 12.3. The number of rotatable bonds is 6. The van der Waals surface area contributed by atoms with Gasteiger partial charge < -0.3 is 10.1 Å². The average molecular weight is 343 g/mol. The molecule has 0 amide bonds. The summed E-state index contributed by atoms with van der Waals surface area (Å²) in [6.07, 6.45) is 0.404. The van der Waals surface area contributed by atoms with Crippen LogP contribution in [0.4, 0.5) is 13.2 Å². The predicted molar refractivity (Wildman–Crippen MR) is 85.3 cm³/mol. The second-order valence-corrected chi connectivity index (χ2v) is 6.36. The van der Waals surface area contributed by atoms with E-state index in [1.807, 2.05) is 0 Å². The molecule has 1 aromatic carbocycles. The van der Waals surface area contributed by atoms with E-state index in [9.17, 15) is 18.0 Å². The monoisotopic (exact) mass is 343 g/mol. The molecular formula is C18H24F3NO2. The molecule has 0 saturated heterocycles. The number of carbonyl (C=O) groups is 1. The molecule has 1 saturated carbocycles. The number of hydrogen-bond donors (Lipinski definition) is 1. The number of alkyl halides is 3. The van der Waals surface area contributed by atoms with Crippen LogP contribution in [0.2, 0.25) is 0 Å². The van der Waals surface area contributed by atoms with E-state index in [1.54, 1.807) is 6.92 Å². The Bertz CT molecular complexity index is 534. The van der Waals surface area contributed by atoms with Crippen molar-refractivity contribution in [1.82, 2.24) is 5.32 Å². The highest BCUT2D eigenvalue weighted by atomic mass is 19.4. The molecule has 0 aliphatic heterocycles. The zero-order valence-electron chi connectivity index (χ0n) is 13.9. The van der Waals surface area contributed by atoms with Crippen LogP contribution >= 0.6 is 0 Å². The lowest BCUT2D eigenvalue weighted by molar-refractivity contribution is -0.157. The molecule has 0 atom stereocenters. The SMILES string of the molecule is CCOC(=O)C1(CNCc2ccc(C(F)(F)F)cc2)CCCCC1. The molecule has 134 valence electrons. The van der Waals surface area contributed by atoms with Crippen molar-refractivity contribution in [2.75, 3.05) is 13.2 Å². The van der Waals surface area contributed by atoms with E-state index in [4.69, 9.17) is 4.74 Å². The Kier molecular flexibility index (Phi) is 6.27. The van der Waals surface area contributed by atoms with Crippen LogP contribution in [-0.4, -0.2) is 19.1 Å². The van der Waals surface area contributed by atoms with Gasteiger partial charge in [0.1, 0.15) is 0 Å². The second-order valence-electron chi connectivity index (χ2n) is 6.36. The molecule has 0 unspecified atom stereocenters. The van der Waals surface area contributed by atoms with Crippen LogP contribution in [0, 0.1) is 5.41 Å². The van der Waals surface area contributed by atoms with Crippen molar-refractivity contribution in [2.24, 2.45) is 5.41 Å². The average Bonchev–Trinajstić information content (AvgIpc) is 2.55. The summed E-state index contributed by atoms with van der Waals surface area (Å²) in [6, 6.07) is 5.10. The quantitative estimate of drug-likeness (QED) is 0.782. The highest BCUT2D eigenvalue weighted by Gasteiger charge is 2.40. The van der Waals surface area contributed by atoms with Crippen LogP contribution in [0.1, 0.15) is 50.2 Å². The van der Waals surface area contributed by atoms with Gasteiger partial charge >= 0.3 is 12.1 Å². The number of nitrogens with one attached hydrogen (secondary N) is 1. The molecule has 1 aromatic rings. The number of ether oxygens (including phenoxy) is 1. The van der Waals surface area contributed by atoms with Crippen molar-refractivity contribution in [2.45, 2.75) is 51.7 Å². The third kappa shape index (κ3) is 4.72. The summed E-state index contributed by atoms with van der Waals surface area (Å²) in [5.74, 6) is -0.162. The first-order chi connectivity index (χ1) is 11.4. The Labute approximate surface area is 140 Å². The van der Waals surface area contributed by atoms with Crippen molar-refractivity contribution in [3.63, 3.8) is 0 Å². The van der Waals surface area contributed by atoms with Crippen molar-refractivity contribution >= 4 is 5.97 Å². The number of esters is 1. The van der Waals surface area contributed by atoms with Gasteiger partial charge in [0.2, 0.25) is 0 Å². The Hall–Kier alpha value is -1.56. The first-order valence-corrected chi connectivity index (χ1v) is 8.41. The van der Waals surface area contributed by atoms with Gasteiger partial charge in [0, 0.05) is 13.1 Å². The second kappa shape index (κ2) is 8.01. The molecule has 0 heterocycles. The molecule has 1 N–H and O–H groups in total. The van der Waals surface area contributed by atoms with Crippen molar-refractivity contribution < 1.29 is 22.7 Å². The summed E-state index contributed by atoms with van der Waals surface area (Å²) in [5, 5.41) is 3.23. The van der Waals surface area contributed by atoms with Crippen LogP contribution in [0.3, 0.4) is 0 Å². The third-order valence-corrected chi connectivity index (χ3v) is 4.59. The van der Waals surface area contributed by atoms with E-state index in [2.05, 4.69) is 5.32 Å². The Morgan fingerprint density at radius 2 is 1.79 bits per heavy atom. The minimum Gasteiger partial charge on any atom is -0.466 e. The fraction of sp³-hybridized carbons (Fsp3) is 0.611. The van der Waals surface area contributed by atoms with E-state index >= 15 is 0 Å². The van der Waals surface area contributed by atoms with E-state index in [-0.39, 0.29) is 5.97 Å². The summed E-state index contributed by atoms with van der Waals surface area (Å²) in [6.45, 7) is 3.08. The minimum absolute atomic E-state index is 0.162. The lowest BCUT2D eigenvalue weighted by atomic mass is 9.74. The maximum atomic E-state index is 12.6. The van der Waals surface area contributed by atoms with Crippen LogP contribution in [0.5, 0.6) is 0 Å². The molecule has 24 heavy (non-hydrogen) atoms. The normalized spacial score (nSPS) is 17.5. The molecule has 1 fully saturated rings. The Morgan fingerprint density at radius 3 is 2.33 bits per heavy atom. The van der Waals surface area contributed by atoms with E-state index in [0.717, 1.165) is 49.8 Å². The van der Waals surface area contributed by atoms with Gasteiger partial charge in [-0.1, -0.05) is 31.4 Å². The molecule has 0 aromatic heterocycles. The van der Waals surface area contributed by atoms with Gasteiger partial charge in [-0.05, 0) is 37.5 Å². The van der Waals surface area contributed by atoms with Gasteiger partial charge in [0.05, 0.1) is 17.6 Å². The lowest BCUT2D eigenvalue weighted by Gasteiger charge is -2.35. The summed E-state index contributed by atoms with van der Waals surface area (Å²) in [7, 11) is 0. The highest BCUT2D eigenvalue weighted by Crippen LogP contribution is 2.37. The molecular weight excluding hydrogens is 319 g/mol. The number of benzene rings is 1. The summed E-state index contributed by atoms with van der Waals surface area (Å²) < 4.78 is 42.9. The Morgan fingerprint density at radius 1 is 1.17 bits per heavy atom. The minimum atomic E-state index is -4.32. The van der Waals surface area contributed by atoms with E-state index in [0.29, 0.717) is 19.7 Å². The van der Waals surface area contributed by atoms with E-state index in [1.165, 1.54) is 12.1 Å². The largest absolute Gasteiger partial charge is 0.466 e. The van der Waals surface area contributed by atoms with E-state index < -0.39 is 17.2 Å². The Balaban J connectivity index is 1.94. The van der Waals surface area contributed by atoms with Gasteiger partial charge in [-0.2, -0.15) is 13.2 Å². The summed E-state index contributed by atoms with van der Waals surface area (Å²) in [5.41, 5.74) is -0.389. The third-order valence-electron chi connectivity index (χ3n) is 4.59. The highest BCUT2D eigenvalue weighted by molar-refractivity contribution is 5.77. The molecule has 6 heteroatoms. The fourth-order valence-electron chi connectivity index (χ4n) is 3.22. The van der Waals surface area contributed by atoms with Crippen LogP contribution in [-0.2, 0) is 22.3 Å². The van der Waals surface area contributed by atoms with Gasteiger partial charge in [-0.15, -0.1) is 0 Å². The molecule has 3 nitrogen and oxygen atoms in total. The van der Waals surface area contributed by atoms with Crippen molar-refractivity contribution in [3.05, 3.63) is 35.4 Å². The van der Waals surface area contributed by atoms with Crippen LogP contribution < -0.4 is 5.32 Å². The molecule has 0 radical (unpaired) electrons. The molecule has 0 bridgehead atoms. The van der Waals surface area contributed by atoms with Gasteiger partial charge in [-0.3, -0.25) is 4.79 Å². The smallest absolute Gasteiger partial charge is 0.416 e. The van der Waals surface area contributed by atoms with Crippen LogP contribution in [0.15, 0.2) is 24.3 Å². The summed E-state index contributed by atoms with van der Waals surface area (Å²) >= 11 is 0. The first-order valence-electron chi connectivity index (χ1n) is 8.41. The van der Waals surface area contributed by atoms with Crippen LogP contribution in [0.25, 0.3) is 0 Å². The number of carbonyl (C=O) groups excluding carboxylic acids is 1. The van der Waals surface area contributed by atoms with Gasteiger partial charge in [-0.25, -0.2) is 0 Å². The fourth-order valence-corrected chi connectivity index (χ4v) is 3.22. The lowest BCUT2D eigenvalue weighted by Crippen LogP contribution is -2.43. The molecule has 2 rings (SSSR count). The number of halogens is 3. The van der Waals surface area contributed by atoms with Crippen molar-refractivity contribution in [1.29, 1.82) is 0 Å². The van der Waals surface area contributed by atoms with Crippen molar-refractivity contribution in [3.8, 4) is 0 Å². The zero-order valence-corrected chi connectivity index (χ0v) is 13.9. The predicted octanol–water partition coefficient (Wildman–Crippen LogP) is 4.31. The first kappa shape index (κ1) is 18.8. The van der Waals surface area contributed by atoms with Gasteiger partial charge in [0.15, 0.2) is 0 Å². The number of hydrogen-bond acceptors (Lipinski definition) is 3. The maximum Gasteiger partial charge on any atom is 0.416 e. The standard InChI is InChI=1S/C18H24F3NO2/c1-2-24-16(23)17(10-4-3-5-11-17)13-22-12-14-6-8-15(9-7-14)18(19,20)21/h6-9,22H,2-5,10-13H2,1H3. The van der Waals surface area contributed by atoms with Gasteiger partial charge in [0.25, 0.3) is 0 Å². The zero-order chi connectivity index (χ0) is 17.6. The molecule has 1 aliphatic carbocycles. The molecule has 0 spiro atoms.